The van der Waals surface area contributed by atoms with Crippen molar-refractivity contribution in [1.29, 1.82) is 0 Å². The molecule has 0 unspecified atom stereocenters. The summed E-state index contributed by atoms with van der Waals surface area (Å²) in [5.74, 6) is 0.136. The van der Waals surface area contributed by atoms with Gasteiger partial charge in [0.15, 0.2) is 0 Å². The molecule has 126 valence electrons. The van der Waals surface area contributed by atoms with Crippen molar-refractivity contribution in [2.24, 2.45) is 0 Å². The Kier molecular flexibility index (Phi) is 4.56. The van der Waals surface area contributed by atoms with Gasteiger partial charge in [0.1, 0.15) is 24.1 Å². The van der Waals surface area contributed by atoms with Crippen LogP contribution in [0.1, 0.15) is 15.9 Å². The van der Waals surface area contributed by atoms with Crippen LogP contribution in [0, 0.1) is 10.1 Å². The van der Waals surface area contributed by atoms with Gasteiger partial charge in [0.2, 0.25) is 0 Å². The van der Waals surface area contributed by atoms with E-state index in [1.165, 1.54) is 19.4 Å². The van der Waals surface area contributed by atoms with Crippen LogP contribution in [0.3, 0.4) is 0 Å². The average Bonchev–Trinajstić information content (AvgIpc) is 2.65. The first-order chi connectivity index (χ1) is 12.1. The molecule has 7 heteroatoms. The molecule has 0 radical (unpaired) electrons. The molecule has 0 aliphatic rings. The zero-order valence-electron chi connectivity index (χ0n) is 13.3. The van der Waals surface area contributed by atoms with E-state index in [-0.39, 0.29) is 12.3 Å². The van der Waals surface area contributed by atoms with Crippen molar-refractivity contribution in [1.82, 2.24) is 4.98 Å². The molecule has 0 saturated carbocycles. The largest absolute Gasteiger partial charge is 0.487 e. The standard InChI is InChI=1S/C18H14N2O5/c1-24-18(21)13-7-5-12(6-8-13)11-25-16-4-2-3-14-9-15(20(22)23)10-19-17(14)16/h2-10H,11H2,1H3. The molecule has 1 aromatic heterocycles. The molecule has 0 bridgehead atoms. The normalized spacial score (nSPS) is 10.4. The van der Waals surface area contributed by atoms with E-state index in [9.17, 15) is 14.9 Å². The number of fused-ring (bicyclic) bond motifs is 1. The Hall–Kier alpha value is -3.48. The Balaban J connectivity index is 1.79. The van der Waals surface area contributed by atoms with Crippen molar-refractivity contribution in [3.05, 3.63) is 76.0 Å². The second-order valence-corrected chi connectivity index (χ2v) is 5.26. The summed E-state index contributed by atoms with van der Waals surface area (Å²) in [7, 11) is 1.33. The first kappa shape index (κ1) is 16.4. The smallest absolute Gasteiger partial charge is 0.337 e. The Morgan fingerprint density at radius 3 is 2.64 bits per heavy atom. The summed E-state index contributed by atoms with van der Waals surface area (Å²) in [6.07, 6.45) is 1.21. The maximum atomic E-state index is 11.4. The van der Waals surface area contributed by atoms with Gasteiger partial charge in [-0.05, 0) is 23.8 Å². The van der Waals surface area contributed by atoms with Gasteiger partial charge in [0.05, 0.1) is 17.6 Å². The molecular weight excluding hydrogens is 324 g/mol. The fourth-order valence-corrected chi connectivity index (χ4v) is 2.35. The number of ether oxygens (including phenoxy) is 2. The summed E-state index contributed by atoms with van der Waals surface area (Å²) in [6, 6.07) is 13.6. The molecule has 3 aromatic rings. The molecule has 1 heterocycles. The number of carbonyl (C=O) groups excluding carboxylic acids is 1. The topological polar surface area (TPSA) is 91.6 Å². The minimum Gasteiger partial charge on any atom is -0.487 e. The van der Waals surface area contributed by atoms with E-state index in [0.717, 1.165) is 5.56 Å². The number of para-hydroxylation sites is 1. The number of esters is 1. The van der Waals surface area contributed by atoms with Gasteiger partial charge < -0.3 is 9.47 Å². The van der Waals surface area contributed by atoms with Gasteiger partial charge in [-0.15, -0.1) is 0 Å². The zero-order chi connectivity index (χ0) is 17.8. The molecule has 3 rings (SSSR count). The fraction of sp³-hybridized carbons (Fsp3) is 0.111. The van der Waals surface area contributed by atoms with Gasteiger partial charge in [0, 0.05) is 11.5 Å². The number of carbonyl (C=O) groups is 1. The number of nitrogens with zero attached hydrogens (tertiary/aromatic N) is 2. The number of hydrogen-bond acceptors (Lipinski definition) is 6. The Morgan fingerprint density at radius 2 is 1.96 bits per heavy atom. The molecule has 0 aliphatic heterocycles. The lowest BCUT2D eigenvalue weighted by Crippen LogP contribution is -2.02. The predicted octanol–water partition coefficient (Wildman–Crippen LogP) is 3.51. The monoisotopic (exact) mass is 338 g/mol. The van der Waals surface area contributed by atoms with E-state index in [2.05, 4.69) is 9.72 Å². The number of aromatic nitrogens is 1. The van der Waals surface area contributed by atoms with E-state index in [1.54, 1.807) is 42.5 Å². The average molecular weight is 338 g/mol. The Labute approximate surface area is 143 Å². The highest BCUT2D eigenvalue weighted by Crippen LogP contribution is 2.27. The minimum atomic E-state index is -0.483. The van der Waals surface area contributed by atoms with Crippen LogP contribution in [0.5, 0.6) is 5.75 Å². The summed E-state index contributed by atoms with van der Waals surface area (Å²) in [6.45, 7) is 0.277. The molecule has 0 saturated heterocycles. The lowest BCUT2D eigenvalue weighted by atomic mass is 10.1. The summed E-state index contributed by atoms with van der Waals surface area (Å²) < 4.78 is 10.4. The van der Waals surface area contributed by atoms with E-state index in [1.807, 2.05) is 0 Å². The molecule has 2 aromatic carbocycles. The fourth-order valence-electron chi connectivity index (χ4n) is 2.35. The number of nitro groups is 1. The van der Waals surface area contributed by atoms with Gasteiger partial charge in [-0.3, -0.25) is 10.1 Å². The quantitative estimate of drug-likeness (QED) is 0.401. The maximum absolute atomic E-state index is 11.4. The highest BCUT2D eigenvalue weighted by molar-refractivity contribution is 5.89. The van der Waals surface area contributed by atoms with Crippen molar-refractivity contribution in [3.8, 4) is 5.75 Å². The van der Waals surface area contributed by atoms with Crippen molar-refractivity contribution in [2.45, 2.75) is 6.61 Å². The van der Waals surface area contributed by atoms with Crippen LogP contribution in [0.4, 0.5) is 5.69 Å². The molecule has 7 nitrogen and oxygen atoms in total. The number of benzene rings is 2. The zero-order valence-corrected chi connectivity index (χ0v) is 13.3. The molecule has 0 amide bonds. The van der Waals surface area contributed by atoms with Crippen LogP contribution in [-0.4, -0.2) is 23.0 Å². The van der Waals surface area contributed by atoms with E-state index in [0.29, 0.717) is 22.2 Å². The van der Waals surface area contributed by atoms with Crippen LogP contribution in [0.2, 0.25) is 0 Å². The van der Waals surface area contributed by atoms with Crippen LogP contribution in [-0.2, 0) is 11.3 Å². The molecule has 25 heavy (non-hydrogen) atoms. The van der Waals surface area contributed by atoms with Gasteiger partial charge in [-0.2, -0.15) is 0 Å². The Bertz CT molecular complexity index is 938. The second kappa shape index (κ2) is 6.96. The van der Waals surface area contributed by atoms with Crippen LogP contribution in [0.25, 0.3) is 10.9 Å². The predicted molar refractivity (Wildman–Crippen MR) is 90.5 cm³/mol. The molecule has 0 fully saturated rings. The minimum absolute atomic E-state index is 0.0666. The second-order valence-electron chi connectivity index (χ2n) is 5.26. The highest BCUT2D eigenvalue weighted by Gasteiger charge is 2.11. The van der Waals surface area contributed by atoms with E-state index in [4.69, 9.17) is 4.74 Å². The van der Waals surface area contributed by atoms with Crippen molar-refractivity contribution >= 4 is 22.6 Å². The van der Waals surface area contributed by atoms with Crippen molar-refractivity contribution < 1.29 is 19.2 Å². The summed E-state index contributed by atoms with van der Waals surface area (Å²) in [5, 5.41) is 11.5. The Morgan fingerprint density at radius 1 is 1.20 bits per heavy atom. The maximum Gasteiger partial charge on any atom is 0.337 e. The summed E-state index contributed by atoms with van der Waals surface area (Å²) in [4.78, 5) is 25.9. The number of rotatable bonds is 5. The number of hydrogen-bond donors (Lipinski definition) is 0. The van der Waals surface area contributed by atoms with Crippen molar-refractivity contribution in [2.75, 3.05) is 7.11 Å². The van der Waals surface area contributed by atoms with Gasteiger partial charge in [-0.1, -0.05) is 24.3 Å². The molecule has 0 aliphatic carbocycles. The van der Waals surface area contributed by atoms with E-state index >= 15 is 0 Å². The molecule has 0 spiro atoms. The number of pyridine rings is 1. The number of methoxy groups -OCH3 is 1. The third-order valence-electron chi connectivity index (χ3n) is 3.64. The van der Waals surface area contributed by atoms with Crippen LogP contribution < -0.4 is 4.74 Å². The van der Waals surface area contributed by atoms with Crippen LogP contribution >= 0.6 is 0 Å². The highest BCUT2D eigenvalue weighted by atomic mass is 16.6. The molecular formula is C18H14N2O5. The molecule has 0 N–H and O–H groups in total. The van der Waals surface area contributed by atoms with Gasteiger partial charge >= 0.3 is 5.97 Å². The van der Waals surface area contributed by atoms with Gasteiger partial charge in [-0.25, -0.2) is 9.78 Å². The summed E-state index contributed by atoms with van der Waals surface area (Å²) in [5.41, 5.74) is 1.82. The summed E-state index contributed by atoms with van der Waals surface area (Å²) >= 11 is 0. The van der Waals surface area contributed by atoms with Gasteiger partial charge in [0.25, 0.3) is 5.69 Å². The third-order valence-corrected chi connectivity index (χ3v) is 3.64. The first-order valence-corrected chi connectivity index (χ1v) is 7.41. The van der Waals surface area contributed by atoms with Crippen LogP contribution in [0.15, 0.2) is 54.7 Å². The molecule has 0 atom stereocenters. The SMILES string of the molecule is COC(=O)c1ccc(COc2cccc3cc([N+](=O)[O-])cnc23)cc1. The first-order valence-electron chi connectivity index (χ1n) is 7.41. The lowest BCUT2D eigenvalue weighted by Gasteiger charge is -2.09. The lowest BCUT2D eigenvalue weighted by molar-refractivity contribution is -0.385. The van der Waals surface area contributed by atoms with E-state index < -0.39 is 10.9 Å². The van der Waals surface area contributed by atoms with Crippen molar-refractivity contribution in [3.63, 3.8) is 0 Å². The third kappa shape index (κ3) is 3.55.